The minimum Gasteiger partial charge on any atom is -0.427 e. The Morgan fingerprint density at radius 1 is 1.38 bits per heavy atom. The molecule has 0 aromatic carbocycles. The van der Waals surface area contributed by atoms with Crippen molar-refractivity contribution < 1.29 is 9.21 Å². The van der Waals surface area contributed by atoms with E-state index in [1.165, 1.54) is 0 Å². The van der Waals surface area contributed by atoms with Gasteiger partial charge in [-0.25, -0.2) is 4.79 Å². The number of nitrogens with zero attached hydrogens (tertiary/aromatic N) is 3. The van der Waals surface area contributed by atoms with Gasteiger partial charge in [0.25, 0.3) is 5.91 Å². The second kappa shape index (κ2) is 7.90. The maximum atomic E-state index is 12.4. The van der Waals surface area contributed by atoms with E-state index in [1.54, 1.807) is 23.9 Å². The molecule has 2 aromatic heterocycles. The van der Waals surface area contributed by atoms with Gasteiger partial charge in [0.1, 0.15) is 11.3 Å². The average molecular weight is 332 g/mol. The van der Waals surface area contributed by atoms with Gasteiger partial charge in [0.15, 0.2) is 5.82 Å². The Balaban J connectivity index is 2.21. The summed E-state index contributed by atoms with van der Waals surface area (Å²) in [5.41, 5.74) is -0.0125. The van der Waals surface area contributed by atoms with Gasteiger partial charge in [-0.3, -0.25) is 9.48 Å². The third kappa shape index (κ3) is 4.10. The Labute approximate surface area is 141 Å². The van der Waals surface area contributed by atoms with E-state index < -0.39 is 11.5 Å². The summed E-state index contributed by atoms with van der Waals surface area (Å²) in [6.07, 6.45) is 4.47. The predicted molar refractivity (Wildman–Crippen MR) is 91.3 cm³/mol. The Morgan fingerprint density at radius 3 is 2.75 bits per heavy atom. The molecule has 130 valence electrons. The fourth-order valence-electron chi connectivity index (χ4n) is 2.60. The van der Waals surface area contributed by atoms with Gasteiger partial charge in [-0.1, -0.05) is 32.4 Å². The highest BCUT2D eigenvalue weighted by Crippen LogP contribution is 2.21. The van der Waals surface area contributed by atoms with Crippen LogP contribution in [0, 0.1) is 6.92 Å². The Kier molecular flexibility index (Phi) is 5.89. The number of carbonyl (C=O) groups is 1. The van der Waals surface area contributed by atoms with E-state index >= 15 is 0 Å². The molecule has 1 unspecified atom stereocenters. The second-order valence-corrected chi connectivity index (χ2v) is 6.00. The first-order valence-corrected chi connectivity index (χ1v) is 8.32. The van der Waals surface area contributed by atoms with Gasteiger partial charge >= 0.3 is 5.63 Å². The van der Waals surface area contributed by atoms with Crippen molar-refractivity contribution >= 4 is 11.7 Å². The summed E-state index contributed by atoms with van der Waals surface area (Å²) in [5.74, 6) is 0.549. The lowest BCUT2D eigenvalue weighted by molar-refractivity contribution is 0.102. The average Bonchev–Trinajstić information content (AvgIpc) is 2.94. The van der Waals surface area contributed by atoms with Crippen LogP contribution in [-0.4, -0.2) is 20.9 Å². The van der Waals surface area contributed by atoms with Crippen LogP contribution in [0.5, 0.6) is 0 Å². The molecular formula is C17H24N4O3. The molecule has 1 atom stereocenters. The summed E-state index contributed by atoms with van der Waals surface area (Å²) in [7, 11) is 0. The number of aromatic nitrogens is 3. The fourth-order valence-corrected chi connectivity index (χ4v) is 2.60. The Bertz CT molecular complexity index is 763. The van der Waals surface area contributed by atoms with Crippen LogP contribution in [0.1, 0.15) is 67.6 Å². The molecule has 7 heteroatoms. The zero-order chi connectivity index (χ0) is 17.7. The zero-order valence-corrected chi connectivity index (χ0v) is 14.6. The smallest absolute Gasteiger partial charge is 0.349 e. The van der Waals surface area contributed by atoms with Gasteiger partial charge in [-0.2, -0.15) is 0 Å². The molecule has 1 amide bonds. The first-order valence-electron chi connectivity index (χ1n) is 8.32. The highest BCUT2D eigenvalue weighted by Gasteiger charge is 2.19. The number of aryl methyl sites for hydroxylation is 2. The van der Waals surface area contributed by atoms with E-state index in [0.29, 0.717) is 23.7 Å². The van der Waals surface area contributed by atoms with E-state index in [2.05, 4.69) is 22.6 Å². The highest BCUT2D eigenvalue weighted by atomic mass is 16.4. The molecule has 0 radical (unpaired) electrons. The number of anilines is 1. The van der Waals surface area contributed by atoms with Crippen molar-refractivity contribution in [2.45, 2.75) is 59.4 Å². The van der Waals surface area contributed by atoms with Crippen LogP contribution in [0.25, 0.3) is 0 Å². The number of nitrogens with one attached hydrogen (secondary N) is 1. The quantitative estimate of drug-likeness (QED) is 0.841. The fraction of sp³-hybridized carbons (Fsp3) is 0.529. The molecule has 2 rings (SSSR count). The maximum absolute atomic E-state index is 12.4. The van der Waals surface area contributed by atoms with Gasteiger partial charge in [0.05, 0.1) is 6.20 Å². The molecule has 0 aliphatic carbocycles. The van der Waals surface area contributed by atoms with Gasteiger partial charge in [-0.15, -0.1) is 5.10 Å². The third-order valence-electron chi connectivity index (χ3n) is 3.84. The van der Waals surface area contributed by atoms with E-state index in [1.807, 2.05) is 13.8 Å². The molecule has 0 spiro atoms. The predicted octanol–water partition coefficient (Wildman–Crippen LogP) is 3.11. The minimum atomic E-state index is -0.619. The lowest BCUT2D eigenvalue weighted by Gasteiger charge is -2.11. The SMILES string of the molecule is CCCC(C)c1cc(C)c(C(=O)Nc2cn(CCC)nn2)c(=O)o1. The first kappa shape index (κ1) is 17.9. The van der Waals surface area contributed by atoms with Crippen molar-refractivity contribution in [2.24, 2.45) is 0 Å². The minimum absolute atomic E-state index is 0.00694. The topological polar surface area (TPSA) is 90.0 Å². The van der Waals surface area contributed by atoms with Gasteiger partial charge in [-0.05, 0) is 31.4 Å². The van der Waals surface area contributed by atoms with Crippen LogP contribution in [0.3, 0.4) is 0 Å². The molecule has 0 saturated carbocycles. The summed E-state index contributed by atoms with van der Waals surface area (Å²) in [5, 5.41) is 10.4. The van der Waals surface area contributed by atoms with Gasteiger partial charge in [0.2, 0.25) is 0 Å². The van der Waals surface area contributed by atoms with Gasteiger partial charge in [0, 0.05) is 12.5 Å². The summed E-state index contributed by atoms with van der Waals surface area (Å²) in [6.45, 7) is 8.56. The van der Waals surface area contributed by atoms with Crippen LogP contribution in [-0.2, 0) is 6.54 Å². The molecule has 0 fully saturated rings. The number of amides is 1. The van der Waals surface area contributed by atoms with Crippen LogP contribution in [0.2, 0.25) is 0 Å². The molecule has 0 bridgehead atoms. The third-order valence-corrected chi connectivity index (χ3v) is 3.84. The zero-order valence-electron chi connectivity index (χ0n) is 14.6. The molecule has 2 aromatic rings. The molecule has 24 heavy (non-hydrogen) atoms. The van der Waals surface area contributed by atoms with E-state index in [4.69, 9.17) is 4.42 Å². The number of rotatable bonds is 7. The molecule has 1 N–H and O–H groups in total. The Hall–Kier alpha value is -2.44. The van der Waals surface area contributed by atoms with Gasteiger partial charge < -0.3 is 9.73 Å². The lowest BCUT2D eigenvalue weighted by Crippen LogP contribution is -2.23. The van der Waals surface area contributed by atoms with Crippen molar-refractivity contribution in [1.82, 2.24) is 15.0 Å². The van der Waals surface area contributed by atoms with Crippen LogP contribution < -0.4 is 10.9 Å². The standard InChI is InChI=1S/C17H24N4O3/c1-5-7-11(3)13-9-12(4)15(17(23)24-13)16(22)18-14-10-21(8-6-2)20-19-14/h9-11H,5-8H2,1-4H3,(H,18,22). The van der Waals surface area contributed by atoms with Crippen LogP contribution in [0.15, 0.2) is 21.5 Å². The molecular weight excluding hydrogens is 308 g/mol. The van der Waals surface area contributed by atoms with Crippen molar-refractivity contribution in [3.63, 3.8) is 0 Å². The van der Waals surface area contributed by atoms with Crippen molar-refractivity contribution in [3.8, 4) is 0 Å². The number of carbonyl (C=O) groups excluding carboxylic acids is 1. The van der Waals surface area contributed by atoms with E-state index in [9.17, 15) is 9.59 Å². The highest BCUT2D eigenvalue weighted by molar-refractivity contribution is 6.04. The summed E-state index contributed by atoms with van der Waals surface area (Å²) in [4.78, 5) is 24.6. The lowest BCUT2D eigenvalue weighted by atomic mass is 10.0. The second-order valence-electron chi connectivity index (χ2n) is 6.00. The van der Waals surface area contributed by atoms with Crippen molar-refractivity contribution in [2.75, 3.05) is 5.32 Å². The molecule has 7 nitrogen and oxygen atoms in total. The van der Waals surface area contributed by atoms with E-state index in [0.717, 1.165) is 19.3 Å². The van der Waals surface area contributed by atoms with Crippen molar-refractivity contribution in [3.05, 3.63) is 39.6 Å². The van der Waals surface area contributed by atoms with Crippen LogP contribution >= 0.6 is 0 Å². The van der Waals surface area contributed by atoms with Crippen molar-refractivity contribution in [1.29, 1.82) is 0 Å². The molecule has 0 aliphatic heterocycles. The molecule has 2 heterocycles. The number of hydrogen-bond acceptors (Lipinski definition) is 5. The normalized spacial score (nSPS) is 12.2. The largest absolute Gasteiger partial charge is 0.427 e. The maximum Gasteiger partial charge on any atom is 0.349 e. The van der Waals surface area contributed by atoms with E-state index in [-0.39, 0.29) is 11.5 Å². The molecule has 0 aliphatic rings. The monoisotopic (exact) mass is 332 g/mol. The molecule has 0 saturated heterocycles. The summed E-state index contributed by atoms with van der Waals surface area (Å²) >= 11 is 0. The first-order chi connectivity index (χ1) is 11.5. The van der Waals surface area contributed by atoms with Crippen LogP contribution in [0.4, 0.5) is 5.82 Å². The Morgan fingerprint density at radius 2 is 2.12 bits per heavy atom. The number of hydrogen-bond donors (Lipinski definition) is 1. The summed E-state index contributed by atoms with van der Waals surface area (Å²) in [6, 6.07) is 1.77. The summed E-state index contributed by atoms with van der Waals surface area (Å²) < 4.78 is 6.99.